The Balaban J connectivity index is 1.83. The molecule has 25 heavy (non-hydrogen) atoms. The first kappa shape index (κ1) is 17.9. The van der Waals surface area contributed by atoms with E-state index in [-0.39, 0.29) is 11.4 Å². The van der Waals surface area contributed by atoms with E-state index in [9.17, 15) is 13.2 Å². The van der Waals surface area contributed by atoms with E-state index in [0.717, 1.165) is 0 Å². The van der Waals surface area contributed by atoms with Gasteiger partial charge in [-0.25, -0.2) is 8.42 Å². The summed E-state index contributed by atoms with van der Waals surface area (Å²) in [4.78, 5) is 12.7. The topological polar surface area (TPSA) is 90.3 Å². The predicted octanol–water partition coefficient (Wildman–Crippen LogP) is 3.06. The third-order valence-corrected chi connectivity index (χ3v) is 6.95. The Morgan fingerprint density at radius 3 is 2.72 bits per heavy atom. The van der Waals surface area contributed by atoms with Gasteiger partial charge in [-0.05, 0) is 48.6 Å². The van der Waals surface area contributed by atoms with Gasteiger partial charge in [-0.3, -0.25) is 4.79 Å². The molecular weight excluding hydrogens is 382 g/mol. The maximum absolute atomic E-state index is 12.8. The van der Waals surface area contributed by atoms with Crippen molar-refractivity contribution in [2.24, 2.45) is 0 Å². The maximum Gasteiger partial charge on any atom is 0.243 e. The molecule has 9 heteroatoms. The summed E-state index contributed by atoms with van der Waals surface area (Å²) in [5.74, 6) is -0.422. The Labute approximate surface area is 154 Å². The summed E-state index contributed by atoms with van der Waals surface area (Å²) >= 11 is 7.04. The molecule has 1 amide bonds. The van der Waals surface area contributed by atoms with Gasteiger partial charge >= 0.3 is 0 Å². The molecule has 1 fully saturated rings. The summed E-state index contributed by atoms with van der Waals surface area (Å²) in [6.45, 7) is 0.276. The van der Waals surface area contributed by atoms with E-state index in [1.54, 1.807) is 11.4 Å². The monoisotopic (exact) mass is 395 g/mol. The minimum absolute atomic E-state index is 0.102. The van der Waals surface area contributed by atoms with E-state index in [0.29, 0.717) is 28.4 Å². The van der Waals surface area contributed by atoms with Crippen molar-refractivity contribution in [2.75, 3.05) is 11.9 Å². The largest absolute Gasteiger partial charge is 0.315 e. The van der Waals surface area contributed by atoms with Crippen LogP contribution < -0.4 is 5.32 Å². The van der Waals surface area contributed by atoms with Crippen LogP contribution >= 0.6 is 22.9 Å². The molecule has 0 bridgehead atoms. The van der Waals surface area contributed by atoms with Crippen molar-refractivity contribution >= 4 is 43.9 Å². The molecule has 0 radical (unpaired) electrons. The number of rotatable bonds is 4. The zero-order valence-corrected chi connectivity index (χ0v) is 15.4. The molecule has 1 aliphatic heterocycles. The van der Waals surface area contributed by atoms with Crippen LogP contribution in [0.5, 0.6) is 0 Å². The number of halogens is 1. The van der Waals surface area contributed by atoms with Crippen molar-refractivity contribution in [1.29, 1.82) is 5.26 Å². The number of hydrogen-bond donors (Lipinski definition) is 1. The minimum Gasteiger partial charge on any atom is -0.315 e. The number of carbonyl (C=O) groups is 1. The van der Waals surface area contributed by atoms with E-state index in [4.69, 9.17) is 16.9 Å². The fourth-order valence-electron chi connectivity index (χ4n) is 2.72. The van der Waals surface area contributed by atoms with Crippen LogP contribution in [-0.4, -0.2) is 31.2 Å². The number of thiophene rings is 1. The Bertz CT molecular complexity index is 932. The molecule has 1 unspecified atom stereocenters. The standard InChI is InChI=1S/C16H14ClN3O3S2/c17-12-3-5-13(6-4-12)25(22,23)20-8-1-2-14(20)15(21)19-16-11(10-18)7-9-24-16/h3-7,9,14H,1-2,8H2,(H,19,21). The summed E-state index contributed by atoms with van der Waals surface area (Å²) in [7, 11) is -3.79. The van der Waals surface area contributed by atoms with Gasteiger partial charge in [0.25, 0.3) is 0 Å². The molecule has 1 aromatic carbocycles. The van der Waals surface area contributed by atoms with Crippen LogP contribution in [0.25, 0.3) is 0 Å². The summed E-state index contributed by atoms with van der Waals surface area (Å²) in [5, 5.41) is 14.3. The second-order valence-electron chi connectivity index (χ2n) is 5.49. The van der Waals surface area contributed by atoms with Gasteiger partial charge in [-0.1, -0.05) is 11.6 Å². The van der Waals surface area contributed by atoms with Gasteiger partial charge in [-0.2, -0.15) is 9.57 Å². The lowest BCUT2D eigenvalue weighted by molar-refractivity contribution is -0.119. The van der Waals surface area contributed by atoms with Crippen LogP contribution in [0.1, 0.15) is 18.4 Å². The van der Waals surface area contributed by atoms with Gasteiger partial charge in [0.05, 0.1) is 10.5 Å². The third-order valence-electron chi connectivity index (χ3n) is 3.95. The quantitative estimate of drug-likeness (QED) is 0.861. The molecule has 1 saturated heterocycles. The summed E-state index contributed by atoms with van der Waals surface area (Å²) in [6, 6.07) is 8.67. The molecule has 0 spiro atoms. The van der Waals surface area contributed by atoms with Crippen molar-refractivity contribution in [1.82, 2.24) is 4.31 Å². The van der Waals surface area contributed by atoms with Gasteiger partial charge in [0.2, 0.25) is 15.9 Å². The minimum atomic E-state index is -3.79. The van der Waals surface area contributed by atoms with Crippen molar-refractivity contribution in [3.63, 3.8) is 0 Å². The SMILES string of the molecule is N#Cc1ccsc1NC(=O)C1CCCN1S(=O)(=O)c1ccc(Cl)cc1. The number of nitrogens with zero attached hydrogens (tertiary/aromatic N) is 2. The highest BCUT2D eigenvalue weighted by Gasteiger charge is 2.39. The third kappa shape index (κ3) is 3.55. The van der Waals surface area contributed by atoms with Crippen molar-refractivity contribution in [2.45, 2.75) is 23.8 Å². The molecule has 2 heterocycles. The average molecular weight is 396 g/mol. The Morgan fingerprint density at radius 1 is 1.32 bits per heavy atom. The van der Waals surface area contributed by atoms with Crippen LogP contribution in [0, 0.1) is 11.3 Å². The molecule has 6 nitrogen and oxygen atoms in total. The molecule has 0 aliphatic carbocycles. The molecule has 1 N–H and O–H groups in total. The number of carbonyl (C=O) groups excluding carboxylic acids is 1. The molecule has 1 aromatic heterocycles. The van der Waals surface area contributed by atoms with E-state index < -0.39 is 22.0 Å². The van der Waals surface area contributed by atoms with Crippen LogP contribution in [0.2, 0.25) is 5.02 Å². The number of nitriles is 1. The molecule has 2 aromatic rings. The van der Waals surface area contributed by atoms with Gasteiger partial charge in [0.1, 0.15) is 17.1 Å². The maximum atomic E-state index is 12.8. The average Bonchev–Trinajstić information content (AvgIpc) is 3.24. The van der Waals surface area contributed by atoms with Gasteiger partial charge in [0, 0.05) is 11.6 Å². The van der Waals surface area contributed by atoms with Crippen LogP contribution in [0.4, 0.5) is 5.00 Å². The lowest BCUT2D eigenvalue weighted by atomic mass is 10.2. The van der Waals surface area contributed by atoms with Crippen molar-refractivity contribution < 1.29 is 13.2 Å². The normalized spacial score (nSPS) is 18.0. The smallest absolute Gasteiger partial charge is 0.243 e. The second kappa shape index (κ2) is 7.14. The zero-order valence-electron chi connectivity index (χ0n) is 13.0. The molecule has 1 aliphatic rings. The van der Waals surface area contributed by atoms with Crippen molar-refractivity contribution in [3.8, 4) is 6.07 Å². The predicted molar refractivity (Wildman–Crippen MR) is 96.0 cm³/mol. The van der Waals surface area contributed by atoms with Gasteiger partial charge in [-0.15, -0.1) is 11.3 Å². The number of nitrogens with one attached hydrogen (secondary N) is 1. The number of amides is 1. The second-order valence-corrected chi connectivity index (χ2v) is 8.74. The molecule has 0 saturated carbocycles. The lowest BCUT2D eigenvalue weighted by Gasteiger charge is -2.23. The summed E-state index contributed by atoms with van der Waals surface area (Å²) in [5.41, 5.74) is 0.364. The zero-order chi connectivity index (χ0) is 18.0. The Hall–Kier alpha value is -1.92. The van der Waals surface area contributed by atoms with Crippen LogP contribution in [0.15, 0.2) is 40.6 Å². The highest BCUT2D eigenvalue weighted by atomic mass is 35.5. The first-order valence-corrected chi connectivity index (χ1v) is 10.2. The summed E-state index contributed by atoms with van der Waals surface area (Å²) < 4.78 is 26.9. The highest BCUT2D eigenvalue weighted by molar-refractivity contribution is 7.89. The summed E-state index contributed by atoms with van der Waals surface area (Å²) in [6.07, 6.45) is 1.03. The van der Waals surface area contributed by atoms with Crippen LogP contribution in [0.3, 0.4) is 0 Å². The Morgan fingerprint density at radius 2 is 2.04 bits per heavy atom. The van der Waals surface area contributed by atoms with Gasteiger partial charge in [0.15, 0.2) is 0 Å². The first-order valence-electron chi connectivity index (χ1n) is 7.49. The highest BCUT2D eigenvalue weighted by Crippen LogP contribution is 2.29. The van der Waals surface area contributed by atoms with E-state index >= 15 is 0 Å². The van der Waals surface area contributed by atoms with Gasteiger partial charge < -0.3 is 5.32 Å². The molecule has 3 rings (SSSR count). The number of sulfonamides is 1. The van der Waals surface area contributed by atoms with E-state index in [1.165, 1.54) is 39.9 Å². The van der Waals surface area contributed by atoms with E-state index in [1.807, 2.05) is 6.07 Å². The number of benzene rings is 1. The van der Waals surface area contributed by atoms with Crippen LogP contribution in [-0.2, 0) is 14.8 Å². The fourth-order valence-corrected chi connectivity index (χ4v) is 5.24. The Kier molecular flexibility index (Phi) is 5.11. The first-order chi connectivity index (χ1) is 11.9. The molecule has 130 valence electrons. The number of anilines is 1. The van der Waals surface area contributed by atoms with Crippen molar-refractivity contribution in [3.05, 3.63) is 46.3 Å². The van der Waals surface area contributed by atoms with E-state index in [2.05, 4.69) is 5.32 Å². The fraction of sp³-hybridized carbons (Fsp3) is 0.250. The number of hydrogen-bond acceptors (Lipinski definition) is 5. The molecule has 1 atom stereocenters. The molecular formula is C16H14ClN3O3S2. The lowest BCUT2D eigenvalue weighted by Crippen LogP contribution is -2.43.